The molecule has 0 radical (unpaired) electrons. The summed E-state index contributed by atoms with van der Waals surface area (Å²) in [7, 11) is 0. The van der Waals surface area contributed by atoms with Gasteiger partial charge in [-0.25, -0.2) is 4.39 Å². The summed E-state index contributed by atoms with van der Waals surface area (Å²) < 4.78 is 18.3. The van der Waals surface area contributed by atoms with Gasteiger partial charge in [-0.15, -0.1) is 11.8 Å². The zero-order valence-corrected chi connectivity index (χ0v) is 11.1. The van der Waals surface area contributed by atoms with Gasteiger partial charge in [-0.2, -0.15) is 4.98 Å². The SMILES string of the molecule is CC(O)C(N)c1nc(CSc2ccccc2F)no1. The Bertz CT molecular complexity index is 547. The van der Waals surface area contributed by atoms with E-state index in [4.69, 9.17) is 10.3 Å². The summed E-state index contributed by atoms with van der Waals surface area (Å²) in [5.41, 5.74) is 5.67. The molecule has 0 saturated heterocycles. The number of aromatic nitrogens is 2. The minimum atomic E-state index is -0.771. The van der Waals surface area contributed by atoms with Crippen molar-refractivity contribution in [3.63, 3.8) is 0 Å². The van der Waals surface area contributed by atoms with Crippen molar-refractivity contribution in [3.05, 3.63) is 41.8 Å². The van der Waals surface area contributed by atoms with Gasteiger partial charge in [0, 0.05) is 4.90 Å². The third kappa shape index (κ3) is 3.52. The fourth-order valence-corrected chi connectivity index (χ4v) is 2.15. The smallest absolute Gasteiger partial charge is 0.246 e. The third-order valence-corrected chi connectivity index (χ3v) is 3.53. The summed E-state index contributed by atoms with van der Waals surface area (Å²) in [6, 6.07) is 5.76. The van der Waals surface area contributed by atoms with Gasteiger partial charge in [-0.1, -0.05) is 17.3 Å². The van der Waals surface area contributed by atoms with Gasteiger partial charge in [-0.3, -0.25) is 0 Å². The number of thioether (sulfide) groups is 1. The first kappa shape index (κ1) is 14.0. The van der Waals surface area contributed by atoms with E-state index in [2.05, 4.69) is 10.1 Å². The van der Waals surface area contributed by atoms with Crippen LogP contribution in [0.25, 0.3) is 0 Å². The highest BCUT2D eigenvalue weighted by molar-refractivity contribution is 7.98. The summed E-state index contributed by atoms with van der Waals surface area (Å²) in [5, 5.41) is 13.1. The Morgan fingerprint density at radius 3 is 2.89 bits per heavy atom. The van der Waals surface area contributed by atoms with Crippen LogP contribution in [-0.4, -0.2) is 21.4 Å². The molecule has 0 aliphatic carbocycles. The van der Waals surface area contributed by atoms with Gasteiger partial charge in [0.1, 0.15) is 11.9 Å². The van der Waals surface area contributed by atoms with Crippen LogP contribution in [0.3, 0.4) is 0 Å². The number of aliphatic hydroxyl groups is 1. The molecule has 19 heavy (non-hydrogen) atoms. The quantitative estimate of drug-likeness (QED) is 0.815. The first-order valence-electron chi connectivity index (χ1n) is 5.71. The van der Waals surface area contributed by atoms with Crippen LogP contribution in [-0.2, 0) is 5.75 Å². The van der Waals surface area contributed by atoms with E-state index in [9.17, 15) is 9.50 Å². The van der Waals surface area contributed by atoms with Gasteiger partial charge in [0.25, 0.3) is 0 Å². The van der Waals surface area contributed by atoms with Crippen molar-refractivity contribution in [1.82, 2.24) is 10.1 Å². The van der Waals surface area contributed by atoms with Crippen molar-refractivity contribution in [2.45, 2.75) is 29.7 Å². The lowest BCUT2D eigenvalue weighted by Crippen LogP contribution is -2.23. The van der Waals surface area contributed by atoms with E-state index >= 15 is 0 Å². The fourth-order valence-electron chi connectivity index (χ4n) is 1.37. The number of benzene rings is 1. The van der Waals surface area contributed by atoms with Crippen molar-refractivity contribution in [3.8, 4) is 0 Å². The topological polar surface area (TPSA) is 85.2 Å². The molecule has 7 heteroatoms. The van der Waals surface area contributed by atoms with E-state index in [0.717, 1.165) is 0 Å². The molecule has 3 N–H and O–H groups in total. The van der Waals surface area contributed by atoms with E-state index in [1.165, 1.54) is 17.8 Å². The number of halogens is 1. The largest absolute Gasteiger partial charge is 0.391 e. The van der Waals surface area contributed by atoms with Gasteiger partial charge in [0.2, 0.25) is 5.89 Å². The third-order valence-electron chi connectivity index (χ3n) is 2.48. The summed E-state index contributed by atoms with van der Waals surface area (Å²) in [5.74, 6) is 0.687. The molecule has 0 aliphatic rings. The minimum Gasteiger partial charge on any atom is -0.391 e. The van der Waals surface area contributed by atoms with Crippen LogP contribution in [0.2, 0.25) is 0 Å². The van der Waals surface area contributed by atoms with E-state index in [1.54, 1.807) is 25.1 Å². The van der Waals surface area contributed by atoms with Crippen molar-refractivity contribution < 1.29 is 14.0 Å². The monoisotopic (exact) mass is 283 g/mol. The molecule has 0 fully saturated rings. The average Bonchev–Trinajstić information content (AvgIpc) is 2.85. The van der Waals surface area contributed by atoms with Crippen LogP contribution >= 0.6 is 11.8 Å². The first-order chi connectivity index (χ1) is 9.08. The molecule has 2 rings (SSSR count). The molecular formula is C12H14FN3O2S. The lowest BCUT2D eigenvalue weighted by Gasteiger charge is -2.08. The predicted molar refractivity (Wildman–Crippen MR) is 68.9 cm³/mol. The fraction of sp³-hybridized carbons (Fsp3) is 0.333. The predicted octanol–water partition coefficient (Wildman–Crippen LogP) is 1.88. The number of nitrogens with two attached hydrogens (primary N) is 1. The number of hydrogen-bond acceptors (Lipinski definition) is 6. The number of nitrogens with zero attached hydrogens (tertiary/aromatic N) is 2. The Hall–Kier alpha value is -1.44. The summed E-state index contributed by atoms with van der Waals surface area (Å²) >= 11 is 1.27. The van der Waals surface area contributed by atoms with Crippen molar-refractivity contribution in [2.24, 2.45) is 5.73 Å². The second kappa shape index (κ2) is 6.14. The van der Waals surface area contributed by atoms with Gasteiger partial charge in [0.05, 0.1) is 11.9 Å². The van der Waals surface area contributed by atoms with Crippen molar-refractivity contribution in [1.29, 1.82) is 0 Å². The Labute approximate surface area is 114 Å². The summed E-state index contributed by atoms with van der Waals surface area (Å²) in [6.07, 6.45) is -0.771. The van der Waals surface area contributed by atoms with Crippen LogP contribution in [0.15, 0.2) is 33.7 Å². The molecule has 0 spiro atoms. The molecule has 102 valence electrons. The van der Waals surface area contributed by atoms with Gasteiger partial charge in [0.15, 0.2) is 5.82 Å². The second-order valence-corrected chi connectivity index (χ2v) is 5.05. The molecule has 1 aromatic heterocycles. The Balaban J connectivity index is 1.99. The lowest BCUT2D eigenvalue weighted by atomic mass is 10.2. The standard InChI is InChI=1S/C12H14FN3O2S/c1-7(17)11(14)12-15-10(16-18-12)6-19-9-5-3-2-4-8(9)13/h2-5,7,11,17H,6,14H2,1H3. The molecule has 0 amide bonds. The second-order valence-electron chi connectivity index (χ2n) is 4.03. The van der Waals surface area contributed by atoms with Crippen LogP contribution in [0, 0.1) is 5.82 Å². The zero-order valence-electron chi connectivity index (χ0n) is 10.3. The normalized spacial score (nSPS) is 14.3. The molecule has 1 aromatic carbocycles. The molecule has 2 unspecified atom stereocenters. The van der Waals surface area contributed by atoms with Crippen LogP contribution < -0.4 is 5.73 Å². The van der Waals surface area contributed by atoms with E-state index in [-0.39, 0.29) is 11.7 Å². The molecule has 2 atom stereocenters. The molecule has 0 saturated carbocycles. The number of rotatable bonds is 5. The minimum absolute atomic E-state index is 0.180. The summed E-state index contributed by atoms with van der Waals surface area (Å²) in [4.78, 5) is 4.59. The maximum atomic E-state index is 13.4. The number of aliphatic hydroxyl groups excluding tert-OH is 1. The lowest BCUT2D eigenvalue weighted by molar-refractivity contribution is 0.146. The highest BCUT2D eigenvalue weighted by Gasteiger charge is 2.19. The molecule has 1 heterocycles. The molecule has 0 aliphatic heterocycles. The van der Waals surface area contributed by atoms with Crippen molar-refractivity contribution in [2.75, 3.05) is 0 Å². The van der Waals surface area contributed by atoms with Crippen LogP contribution in [0.5, 0.6) is 0 Å². The molecule has 2 aromatic rings. The molecule has 5 nitrogen and oxygen atoms in total. The Morgan fingerprint density at radius 2 is 2.21 bits per heavy atom. The van der Waals surface area contributed by atoms with E-state index in [0.29, 0.717) is 16.5 Å². The average molecular weight is 283 g/mol. The highest BCUT2D eigenvalue weighted by Crippen LogP contribution is 2.24. The van der Waals surface area contributed by atoms with E-state index < -0.39 is 12.1 Å². The van der Waals surface area contributed by atoms with Crippen molar-refractivity contribution >= 4 is 11.8 Å². The van der Waals surface area contributed by atoms with E-state index in [1.807, 2.05) is 0 Å². The Morgan fingerprint density at radius 1 is 1.47 bits per heavy atom. The number of hydrogen-bond donors (Lipinski definition) is 2. The maximum absolute atomic E-state index is 13.4. The van der Waals surface area contributed by atoms with Gasteiger partial charge < -0.3 is 15.4 Å². The van der Waals surface area contributed by atoms with Crippen LogP contribution in [0.4, 0.5) is 4.39 Å². The first-order valence-corrected chi connectivity index (χ1v) is 6.70. The maximum Gasteiger partial charge on any atom is 0.246 e. The van der Waals surface area contributed by atoms with Crippen LogP contribution in [0.1, 0.15) is 24.7 Å². The Kier molecular flexibility index (Phi) is 4.52. The van der Waals surface area contributed by atoms with Gasteiger partial charge in [-0.05, 0) is 19.1 Å². The van der Waals surface area contributed by atoms with Gasteiger partial charge >= 0.3 is 0 Å². The molecule has 0 bridgehead atoms. The molecular weight excluding hydrogens is 269 g/mol. The highest BCUT2D eigenvalue weighted by atomic mass is 32.2. The summed E-state index contributed by atoms with van der Waals surface area (Å²) in [6.45, 7) is 1.54. The zero-order chi connectivity index (χ0) is 13.8.